The number of carbonyl (C=O) groups is 1. The Labute approximate surface area is 114 Å². The first-order chi connectivity index (χ1) is 8.69. The minimum atomic E-state index is -0.222. The van der Waals surface area contributed by atoms with E-state index in [0.717, 1.165) is 15.8 Å². The maximum atomic E-state index is 11.9. The van der Waals surface area contributed by atoms with Crippen molar-refractivity contribution in [3.63, 3.8) is 0 Å². The summed E-state index contributed by atoms with van der Waals surface area (Å²) >= 11 is 3.34. The number of hydrogen-bond acceptors (Lipinski definition) is 3. The number of rotatable bonds is 3. The fourth-order valence-corrected chi connectivity index (χ4v) is 1.67. The fourth-order valence-electron chi connectivity index (χ4n) is 1.40. The molecule has 1 heterocycles. The molecule has 2 N–H and O–H groups in total. The minimum absolute atomic E-state index is 0.222. The third-order valence-electron chi connectivity index (χ3n) is 2.39. The van der Waals surface area contributed by atoms with Crippen molar-refractivity contribution >= 4 is 33.2 Å². The lowest BCUT2D eigenvalue weighted by Crippen LogP contribution is -2.13. The quantitative estimate of drug-likeness (QED) is 0.916. The molecular formula is C13H12BrN3O. The SMILES string of the molecule is CNc1ccc(C(=O)Nc2ccc(Br)cc2)nc1. The van der Waals surface area contributed by atoms with Crippen LogP contribution >= 0.6 is 15.9 Å². The molecule has 1 aromatic heterocycles. The molecule has 92 valence electrons. The van der Waals surface area contributed by atoms with Crippen LogP contribution in [0.2, 0.25) is 0 Å². The van der Waals surface area contributed by atoms with Crippen molar-refractivity contribution in [3.05, 3.63) is 52.8 Å². The molecule has 0 saturated heterocycles. The van der Waals surface area contributed by atoms with Gasteiger partial charge in [0.25, 0.3) is 5.91 Å². The largest absolute Gasteiger partial charge is 0.387 e. The Morgan fingerprint density at radius 2 is 1.78 bits per heavy atom. The van der Waals surface area contributed by atoms with E-state index < -0.39 is 0 Å². The Bertz CT molecular complexity index is 537. The van der Waals surface area contributed by atoms with Gasteiger partial charge in [0.05, 0.1) is 11.9 Å². The Morgan fingerprint density at radius 1 is 1.11 bits per heavy atom. The van der Waals surface area contributed by atoms with Crippen LogP contribution in [0.5, 0.6) is 0 Å². The van der Waals surface area contributed by atoms with Gasteiger partial charge in [-0.15, -0.1) is 0 Å². The second-order valence-corrected chi connectivity index (χ2v) is 4.56. The monoisotopic (exact) mass is 305 g/mol. The van der Waals surface area contributed by atoms with E-state index in [1.165, 1.54) is 0 Å². The van der Waals surface area contributed by atoms with Gasteiger partial charge in [-0.25, -0.2) is 4.98 Å². The highest BCUT2D eigenvalue weighted by Gasteiger charge is 2.07. The molecule has 0 aliphatic heterocycles. The van der Waals surface area contributed by atoms with Crippen molar-refractivity contribution in [2.24, 2.45) is 0 Å². The van der Waals surface area contributed by atoms with E-state index >= 15 is 0 Å². The Hall–Kier alpha value is -1.88. The number of amides is 1. The molecule has 0 atom stereocenters. The second-order valence-electron chi connectivity index (χ2n) is 3.64. The predicted octanol–water partition coefficient (Wildman–Crippen LogP) is 3.14. The molecule has 0 spiro atoms. The molecule has 1 aromatic carbocycles. The van der Waals surface area contributed by atoms with Crippen LogP contribution in [0.4, 0.5) is 11.4 Å². The molecule has 0 bridgehead atoms. The summed E-state index contributed by atoms with van der Waals surface area (Å²) in [5.41, 5.74) is 2.00. The van der Waals surface area contributed by atoms with Crippen molar-refractivity contribution in [2.75, 3.05) is 17.7 Å². The molecule has 0 fully saturated rings. The highest BCUT2D eigenvalue weighted by Crippen LogP contribution is 2.15. The number of hydrogen-bond donors (Lipinski definition) is 2. The first-order valence-electron chi connectivity index (χ1n) is 5.40. The van der Waals surface area contributed by atoms with Gasteiger partial charge in [-0.1, -0.05) is 15.9 Å². The molecule has 0 unspecified atom stereocenters. The molecule has 18 heavy (non-hydrogen) atoms. The summed E-state index contributed by atoms with van der Waals surface area (Å²) < 4.78 is 0.969. The zero-order valence-electron chi connectivity index (χ0n) is 9.77. The molecule has 2 aromatic rings. The van der Waals surface area contributed by atoms with Gasteiger partial charge in [0.2, 0.25) is 0 Å². The average molecular weight is 306 g/mol. The summed E-state index contributed by atoms with van der Waals surface area (Å²) in [5, 5.41) is 5.73. The van der Waals surface area contributed by atoms with Crippen LogP contribution in [0.15, 0.2) is 47.1 Å². The molecule has 0 radical (unpaired) electrons. The van der Waals surface area contributed by atoms with Gasteiger partial charge < -0.3 is 10.6 Å². The van der Waals surface area contributed by atoms with E-state index in [9.17, 15) is 4.79 Å². The maximum absolute atomic E-state index is 11.9. The highest BCUT2D eigenvalue weighted by atomic mass is 79.9. The first-order valence-corrected chi connectivity index (χ1v) is 6.19. The maximum Gasteiger partial charge on any atom is 0.274 e. The Kier molecular flexibility index (Phi) is 3.94. The molecule has 0 saturated carbocycles. The lowest BCUT2D eigenvalue weighted by molar-refractivity contribution is 0.102. The smallest absolute Gasteiger partial charge is 0.274 e. The summed E-state index contributed by atoms with van der Waals surface area (Å²) in [4.78, 5) is 16.0. The lowest BCUT2D eigenvalue weighted by Gasteiger charge is -2.05. The summed E-state index contributed by atoms with van der Waals surface area (Å²) in [6, 6.07) is 10.9. The average Bonchev–Trinajstić information content (AvgIpc) is 2.41. The number of nitrogens with one attached hydrogen (secondary N) is 2. The molecule has 4 nitrogen and oxygen atoms in total. The zero-order valence-corrected chi connectivity index (χ0v) is 11.4. The van der Waals surface area contributed by atoms with E-state index in [4.69, 9.17) is 0 Å². The van der Waals surface area contributed by atoms with E-state index in [1.54, 1.807) is 19.3 Å². The standard InChI is InChI=1S/C13H12BrN3O/c1-15-11-6-7-12(16-8-11)13(18)17-10-4-2-9(14)3-5-10/h2-8,15H,1H3,(H,17,18). The summed E-state index contributed by atoms with van der Waals surface area (Å²) in [6.45, 7) is 0. The van der Waals surface area contributed by atoms with Crippen molar-refractivity contribution in [1.29, 1.82) is 0 Å². The van der Waals surface area contributed by atoms with Crippen LogP contribution in [0.25, 0.3) is 0 Å². The van der Waals surface area contributed by atoms with E-state index in [2.05, 4.69) is 31.5 Å². The van der Waals surface area contributed by atoms with Gasteiger partial charge in [-0.2, -0.15) is 0 Å². The van der Waals surface area contributed by atoms with E-state index in [-0.39, 0.29) is 5.91 Å². The number of halogens is 1. The number of anilines is 2. The number of carbonyl (C=O) groups excluding carboxylic acids is 1. The summed E-state index contributed by atoms with van der Waals surface area (Å²) in [7, 11) is 1.80. The number of pyridine rings is 1. The van der Waals surface area contributed by atoms with E-state index in [0.29, 0.717) is 5.69 Å². The van der Waals surface area contributed by atoms with Crippen molar-refractivity contribution in [3.8, 4) is 0 Å². The Morgan fingerprint density at radius 3 is 2.33 bits per heavy atom. The molecule has 0 aliphatic carbocycles. The predicted molar refractivity (Wildman–Crippen MR) is 75.9 cm³/mol. The first kappa shape index (κ1) is 12.6. The number of nitrogens with zero attached hydrogens (tertiary/aromatic N) is 1. The van der Waals surface area contributed by atoms with Crippen molar-refractivity contribution in [2.45, 2.75) is 0 Å². The van der Waals surface area contributed by atoms with Crippen molar-refractivity contribution < 1.29 is 4.79 Å². The van der Waals surface area contributed by atoms with Crippen molar-refractivity contribution in [1.82, 2.24) is 4.98 Å². The number of benzene rings is 1. The van der Waals surface area contributed by atoms with Crippen LogP contribution in [0.3, 0.4) is 0 Å². The molecule has 2 rings (SSSR count). The van der Waals surface area contributed by atoms with Crippen LogP contribution < -0.4 is 10.6 Å². The Balaban J connectivity index is 2.09. The van der Waals surface area contributed by atoms with Crippen LogP contribution in [0.1, 0.15) is 10.5 Å². The van der Waals surface area contributed by atoms with Crippen LogP contribution in [0, 0.1) is 0 Å². The van der Waals surface area contributed by atoms with Gasteiger partial charge in [-0.3, -0.25) is 4.79 Å². The fraction of sp³-hybridized carbons (Fsp3) is 0.0769. The van der Waals surface area contributed by atoms with Gasteiger partial charge >= 0.3 is 0 Å². The van der Waals surface area contributed by atoms with Gasteiger partial charge in [0.1, 0.15) is 5.69 Å². The third kappa shape index (κ3) is 3.07. The second kappa shape index (κ2) is 5.64. The van der Waals surface area contributed by atoms with Gasteiger partial charge in [0.15, 0.2) is 0 Å². The third-order valence-corrected chi connectivity index (χ3v) is 2.92. The molecule has 1 amide bonds. The molecular weight excluding hydrogens is 294 g/mol. The van der Waals surface area contributed by atoms with E-state index in [1.807, 2.05) is 30.3 Å². The lowest BCUT2D eigenvalue weighted by atomic mass is 10.3. The summed E-state index contributed by atoms with van der Waals surface area (Å²) in [6.07, 6.45) is 1.62. The normalized spacial score (nSPS) is 9.89. The summed E-state index contributed by atoms with van der Waals surface area (Å²) in [5.74, 6) is -0.222. The van der Waals surface area contributed by atoms with Gasteiger partial charge in [-0.05, 0) is 36.4 Å². The number of aromatic nitrogens is 1. The molecule has 0 aliphatic rings. The minimum Gasteiger partial charge on any atom is -0.387 e. The zero-order chi connectivity index (χ0) is 13.0. The topological polar surface area (TPSA) is 54.0 Å². The van der Waals surface area contributed by atoms with Gasteiger partial charge in [0, 0.05) is 17.2 Å². The highest BCUT2D eigenvalue weighted by molar-refractivity contribution is 9.10. The molecule has 5 heteroatoms. The van der Waals surface area contributed by atoms with Crippen LogP contribution in [-0.2, 0) is 0 Å². The van der Waals surface area contributed by atoms with Crippen LogP contribution in [-0.4, -0.2) is 17.9 Å².